The molecule has 1 aliphatic heterocycles. The lowest BCUT2D eigenvalue weighted by atomic mass is 10.0. The molecule has 0 saturated heterocycles. The van der Waals surface area contributed by atoms with Crippen LogP contribution in [0.4, 0.5) is 0 Å². The van der Waals surface area contributed by atoms with Crippen molar-refractivity contribution in [1.82, 2.24) is 10.2 Å². The van der Waals surface area contributed by atoms with Gasteiger partial charge < -0.3 is 5.32 Å². The quantitative estimate of drug-likeness (QED) is 0.821. The fourth-order valence-electron chi connectivity index (χ4n) is 2.95. The Morgan fingerprint density at radius 2 is 2.10 bits per heavy atom. The fraction of sp³-hybridized carbons (Fsp3) is 0.444. The number of nitrogens with zero attached hydrogens (tertiary/aromatic N) is 1. The molecule has 0 spiro atoms. The average Bonchev–Trinajstić information content (AvgIpc) is 3.00. The van der Waals surface area contributed by atoms with Crippen molar-refractivity contribution >= 4 is 11.3 Å². The van der Waals surface area contributed by atoms with Crippen LogP contribution in [0.5, 0.6) is 0 Å². The highest BCUT2D eigenvalue weighted by molar-refractivity contribution is 7.10. The normalized spacial score (nSPS) is 16.6. The lowest BCUT2D eigenvalue weighted by Gasteiger charge is -2.27. The highest BCUT2D eigenvalue weighted by Gasteiger charge is 2.16. The maximum absolute atomic E-state index is 3.61. The maximum atomic E-state index is 3.61. The van der Waals surface area contributed by atoms with E-state index in [1.807, 2.05) is 11.3 Å². The standard InChI is InChI=1S/C18H24N2S/c1-15(16-5-3-2-4-6-16)13-19-9-11-20-10-7-18-17(14-20)8-12-21-18/h2-6,8,12,15,19H,7,9-11,13-14H2,1H3. The number of hydrogen-bond acceptors (Lipinski definition) is 3. The van der Waals surface area contributed by atoms with Gasteiger partial charge in [0.2, 0.25) is 0 Å². The first-order chi connectivity index (χ1) is 10.3. The molecule has 0 bridgehead atoms. The highest BCUT2D eigenvalue weighted by Crippen LogP contribution is 2.23. The van der Waals surface area contributed by atoms with Gasteiger partial charge in [0.1, 0.15) is 0 Å². The molecule has 0 radical (unpaired) electrons. The SMILES string of the molecule is CC(CNCCN1CCc2sccc2C1)c1ccccc1. The second-order valence-electron chi connectivity index (χ2n) is 5.91. The van der Waals surface area contributed by atoms with Gasteiger partial charge in [-0.05, 0) is 34.9 Å². The molecule has 3 rings (SSSR count). The molecule has 2 heterocycles. The van der Waals surface area contributed by atoms with Gasteiger partial charge in [0.15, 0.2) is 0 Å². The zero-order valence-corrected chi connectivity index (χ0v) is 13.5. The summed E-state index contributed by atoms with van der Waals surface area (Å²) in [5.74, 6) is 0.580. The van der Waals surface area contributed by atoms with Crippen LogP contribution in [0.3, 0.4) is 0 Å². The van der Waals surface area contributed by atoms with Crippen molar-refractivity contribution < 1.29 is 0 Å². The van der Waals surface area contributed by atoms with Gasteiger partial charge in [-0.3, -0.25) is 4.90 Å². The summed E-state index contributed by atoms with van der Waals surface area (Å²) in [7, 11) is 0. The summed E-state index contributed by atoms with van der Waals surface area (Å²) >= 11 is 1.91. The Morgan fingerprint density at radius 1 is 1.24 bits per heavy atom. The first-order valence-electron chi connectivity index (χ1n) is 7.86. The fourth-order valence-corrected chi connectivity index (χ4v) is 3.84. The monoisotopic (exact) mass is 300 g/mol. The van der Waals surface area contributed by atoms with E-state index in [1.54, 1.807) is 10.4 Å². The number of benzene rings is 1. The Bertz CT molecular complexity index is 549. The molecular formula is C18H24N2S. The van der Waals surface area contributed by atoms with E-state index in [0.717, 1.165) is 26.2 Å². The molecule has 21 heavy (non-hydrogen) atoms. The number of hydrogen-bond donors (Lipinski definition) is 1. The molecule has 0 saturated carbocycles. The third-order valence-electron chi connectivity index (χ3n) is 4.31. The van der Waals surface area contributed by atoms with Gasteiger partial charge in [-0.15, -0.1) is 11.3 Å². The van der Waals surface area contributed by atoms with Crippen molar-refractivity contribution in [2.24, 2.45) is 0 Å². The summed E-state index contributed by atoms with van der Waals surface area (Å²) in [5, 5.41) is 5.84. The predicted molar refractivity (Wildman–Crippen MR) is 91.0 cm³/mol. The van der Waals surface area contributed by atoms with E-state index < -0.39 is 0 Å². The van der Waals surface area contributed by atoms with Crippen molar-refractivity contribution in [2.75, 3.05) is 26.2 Å². The van der Waals surface area contributed by atoms with Crippen molar-refractivity contribution in [3.8, 4) is 0 Å². The zero-order chi connectivity index (χ0) is 14.5. The molecule has 1 atom stereocenters. The Hall–Kier alpha value is -1.16. The molecule has 2 nitrogen and oxygen atoms in total. The minimum atomic E-state index is 0.580. The first kappa shape index (κ1) is 14.8. The molecule has 1 aliphatic rings. The van der Waals surface area contributed by atoms with Crippen LogP contribution in [0.2, 0.25) is 0 Å². The first-order valence-corrected chi connectivity index (χ1v) is 8.74. The molecular weight excluding hydrogens is 276 g/mol. The van der Waals surface area contributed by atoms with Crippen LogP contribution in [0.25, 0.3) is 0 Å². The smallest absolute Gasteiger partial charge is 0.0245 e. The van der Waals surface area contributed by atoms with Gasteiger partial charge in [0.25, 0.3) is 0 Å². The van der Waals surface area contributed by atoms with Crippen LogP contribution < -0.4 is 5.32 Å². The largest absolute Gasteiger partial charge is 0.315 e. The van der Waals surface area contributed by atoms with E-state index >= 15 is 0 Å². The number of rotatable bonds is 6. The van der Waals surface area contributed by atoms with Crippen LogP contribution in [0, 0.1) is 0 Å². The van der Waals surface area contributed by atoms with Crippen molar-refractivity contribution in [3.63, 3.8) is 0 Å². The molecule has 1 aromatic carbocycles. The summed E-state index contributed by atoms with van der Waals surface area (Å²) in [4.78, 5) is 4.16. The summed E-state index contributed by atoms with van der Waals surface area (Å²) in [6, 6.07) is 13.1. The van der Waals surface area contributed by atoms with E-state index in [1.165, 1.54) is 18.5 Å². The van der Waals surface area contributed by atoms with Gasteiger partial charge in [-0.2, -0.15) is 0 Å². The van der Waals surface area contributed by atoms with Crippen LogP contribution in [-0.2, 0) is 13.0 Å². The topological polar surface area (TPSA) is 15.3 Å². The van der Waals surface area contributed by atoms with E-state index in [0.29, 0.717) is 5.92 Å². The lowest BCUT2D eigenvalue weighted by molar-refractivity contribution is 0.255. The van der Waals surface area contributed by atoms with Gasteiger partial charge in [-0.1, -0.05) is 37.3 Å². The van der Waals surface area contributed by atoms with E-state index in [-0.39, 0.29) is 0 Å². The molecule has 3 heteroatoms. The molecule has 0 fully saturated rings. The molecule has 1 aromatic heterocycles. The Labute approximate surface area is 131 Å². The Balaban J connectivity index is 1.37. The van der Waals surface area contributed by atoms with Gasteiger partial charge in [0.05, 0.1) is 0 Å². The van der Waals surface area contributed by atoms with E-state index in [4.69, 9.17) is 0 Å². The number of fused-ring (bicyclic) bond motifs is 1. The third kappa shape index (κ3) is 3.94. The summed E-state index contributed by atoms with van der Waals surface area (Å²) in [6.45, 7) is 7.92. The van der Waals surface area contributed by atoms with Crippen molar-refractivity contribution in [1.29, 1.82) is 0 Å². The second kappa shape index (κ2) is 7.21. The molecule has 2 aromatic rings. The van der Waals surface area contributed by atoms with Gasteiger partial charge >= 0.3 is 0 Å². The predicted octanol–water partition coefficient (Wildman–Crippen LogP) is 3.50. The summed E-state index contributed by atoms with van der Waals surface area (Å²) < 4.78 is 0. The van der Waals surface area contributed by atoms with E-state index in [9.17, 15) is 0 Å². The van der Waals surface area contributed by atoms with Crippen molar-refractivity contribution in [2.45, 2.75) is 25.8 Å². The molecule has 1 unspecified atom stereocenters. The average molecular weight is 300 g/mol. The lowest BCUT2D eigenvalue weighted by Crippen LogP contribution is -2.36. The maximum Gasteiger partial charge on any atom is 0.0245 e. The van der Waals surface area contributed by atoms with Crippen LogP contribution in [0.15, 0.2) is 41.8 Å². The Kier molecular flexibility index (Phi) is 5.07. The minimum Gasteiger partial charge on any atom is -0.315 e. The molecule has 1 N–H and O–H groups in total. The van der Waals surface area contributed by atoms with Crippen LogP contribution in [-0.4, -0.2) is 31.1 Å². The highest BCUT2D eigenvalue weighted by atomic mass is 32.1. The number of thiophene rings is 1. The zero-order valence-electron chi connectivity index (χ0n) is 12.7. The minimum absolute atomic E-state index is 0.580. The Morgan fingerprint density at radius 3 is 2.95 bits per heavy atom. The van der Waals surface area contributed by atoms with Crippen molar-refractivity contribution in [3.05, 3.63) is 57.8 Å². The van der Waals surface area contributed by atoms with Crippen LogP contribution in [0.1, 0.15) is 28.8 Å². The molecule has 0 amide bonds. The van der Waals surface area contributed by atoms with E-state index in [2.05, 4.69) is 58.9 Å². The third-order valence-corrected chi connectivity index (χ3v) is 5.33. The summed E-state index contributed by atoms with van der Waals surface area (Å²) in [5.41, 5.74) is 2.97. The molecule has 112 valence electrons. The number of nitrogens with one attached hydrogen (secondary N) is 1. The summed E-state index contributed by atoms with van der Waals surface area (Å²) in [6.07, 6.45) is 1.23. The van der Waals surface area contributed by atoms with Gasteiger partial charge in [-0.25, -0.2) is 0 Å². The van der Waals surface area contributed by atoms with Gasteiger partial charge in [0, 0.05) is 37.6 Å². The second-order valence-corrected chi connectivity index (χ2v) is 6.91. The molecule has 0 aliphatic carbocycles. The van der Waals surface area contributed by atoms with Crippen LogP contribution >= 0.6 is 11.3 Å².